The summed E-state index contributed by atoms with van der Waals surface area (Å²) >= 11 is 0. The molecular weight excluding hydrogens is 269 g/mol. The predicted octanol–water partition coefficient (Wildman–Crippen LogP) is 4.00. The van der Waals surface area contributed by atoms with Gasteiger partial charge in [0.1, 0.15) is 11.5 Å². The van der Waals surface area contributed by atoms with E-state index in [2.05, 4.69) is 23.8 Å². The van der Waals surface area contributed by atoms with Crippen molar-refractivity contribution in [3.8, 4) is 11.4 Å². The van der Waals surface area contributed by atoms with Crippen LogP contribution in [0.1, 0.15) is 31.5 Å². The Labute approximate surface area is 115 Å². The third kappa shape index (κ3) is 4.38. The van der Waals surface area contributed by atoms with E-state index >= 15 is 0 Å². The van der Waals surface area contributed by atoms with Crippen molar-refractivity contribution >= 4 is 0 Å². The number of aromatic nitrogens is 2. The summed E-state index contributed by atoms with van der Waals surface area (Å²) in [5.74, 6) is 0.154. The second-order valence-electron chi connectivity index (χ2n) is 4.21. The minimum Gasteiger partial charge on any atom is -0.392 e. The number of nitrogens with zero attached hydrogens (tertiary/aromatic N) is 1. The van der Waals surface area contributed by atoms with E-state index in [4.69, 9.17) is 5.11 Å². The number of alkyl halides is 3. The molecule has 110 valence electrons. The Morgan fingerprint density at radius 3 is 2.10 bits per heavy atom. The van der Waals surface area contributed by atoms with Crippen molar-refractivity contribution in [2.75, 3.05) is 0 Å². The molecule has 0 spiro atoms. The zero-order valence-corrected chi connectivity index (χ0v) is 11.3. The molecule has 0 fully saturated rings. The van der Waals surface area contributed by atoms with Gasteiger partial charge in [0, 0.05) is 5.56 Å². The van der Waals surface area contributed by atoms with Crippen LogP contribution in [0.3, 0.4) is 0 Å². The van der Waals surface area contributed by atoms with E-state index in [1.165, 1.54) is 6.42 Å². The Morgan fingerprint density at radius 2 is 1.70 bits per heavy atom. The van der Waals surface area contributed by atoms with Gasteiger partial charge in [0.2, 0.25) is 0 Å². The van der Waals surface area contributed by atoms with Gasteiger partial charge in [0.25, 0.3) is 0 Å². The van der Waals surface area contributed by atoms with Gasteiger partial charge in [-0.1, -0.05) is 44.5 Å². The van der Waals surface area contributed by atoms with Crippen molar-refractivity contribution < 1.29 is 18.3 Å². The maximum atomic E-state index is 12.3. The van der Waals surface area contributed by atoms with Crippen LogP contribution in [-0.4, -0.2) is 15.1 Å². The molecule has 0 atom stereocenters. The van der Waals surface area contributed by atoms with Gasteiger partial charge in [-0.2, -0.15) is 13.2 Å². The summed E-state index contributed by atoms with van der Waals surface area (Å²) < 4.78 is 37.0. The summed E-state index contributed by atoms with van der Waals surface area (Å²) in [6.45, 7) is 4.15. The average Bonchev–Trinajstić information content (AvgIpc) is 2.89. The van der Waals surface area contributed by atoms with Crippen molar-refractivity contribution in [2.45, 2.75) is 33.1 Å². The summed E-state index contributed by atoms with van der Waals surface area (Å²) in [6.07, 6.45) is -2.41. The number of aromatic amines is 1. The number of imidazole rings is 1. The molecule has 2 rings (SSSR count). The number of hydrogen-bond donors (Lipinski definition) is 2. The van der Waals surface area contributed by atoms with Crippen LogP contribution in [0, 0.1) is 0 Å². The van der Waals surface area contributed by atoms with E-state index in [0.717, 1.165) is 6.20 Å². The van der Waals surface area contributed by atoms with Crippen LogP contribution < -0.4 is 0 Å². The van der Waals surface area contributed by atoms with E-state index in [-0.39, 0.29) is 12.4 Å². The third-order valence-electron chi connectivity index (χ3n) is 2.29. The Balaban J connectivity index is 0.000000612. The number of rotatable bonds is 2. The Hall–Kier alpha value is -1.82. The van der Waals surface area contributed by atoms with Crippen LogP contribution in [0.4, 0.5) is 13.2 Å². The molecule has 0 aliphatic heterocycles. The van der Waals surface area contributed by atoms with Crippen LogP contribution >= 0.6 is 0 Å². The van der Waals surface area contributed by atoms with Gasteiger partial charge in [-0.3, -0.25) is 0 Å². The van der Waals surface area contributed by atoms with Crippen LogP contribution in [0.5, 0.6) is 0 Å². The highest BCUT2D eigenvalue weighted by Gasteiger charge is 2.33. The van der Waals surface area contributed by atoms with Crippen LogP contribution in [0.25, 0.3) is 11.4 Å². The van der Waals surface area contributed by atoms with Gasteiger partial charge in [-0.15, -0.1) is 0 Å². The van der Waals surface area contributed by atoms with Crippen LogP contribution in [-0.2, 0) is 12.8 Å². The molecule has 1 heterocycles. The topological polar surface area (TPSA) is 48.9 Å². The molecule has 6 heteroatoms. The SMILES string of the molecule is CCC.OCc1ccc(-c2ncc(C(F)(F)F)[nH]2)cc1. The van der Waals surface area contributed by atoms with Gasteiger partial charge < -0.3 is 10.1 Å². The first kappa shape index (κ1) is 16.2. The van der Waals surface area contributed by atoms with Crippen molar-refractivity contribution in [3.05, 3.63) is 41.7 Å². The first-order valence-corrected chi connectivity index (χ1v) is 6.24. The maximum absolute atomic E-state index is 12.3. The Morgan fingerprint density at radius 1 is 1.15 bits per heavy atom. The maximum Gasteiger partial charge on any atom is 0.432 e. The molecule has 0 radical (unpaired) electrons. The molecular formula is C14H17F3N2O. The first-order valence-electron chi connectivity index (χ1n) is 6.24. The van der Waals surface area contributed by atoms with E-state index in [9.17, 15) is 13.2 Å². The van der Waals surface area contributed by atoms with E-state index in [1.54, 1.807) is 24.3 Å². The molecule has 1 aromatic heterocycles. The molecule has 3 nitrogen and oxygen atoms in total. The molecule has 0 aliphatic carbocycles. The van der Waals surface area contributed by atoms with E-state index < -0.39 is 11.9 Å². The lowest BCUT2D eigenvalue weighted by molar-refractivity contribution is -0.140. The number of benzene rings is 1. The first-order chi connectivity index (χ1) is 9.42. The van der Waals surface area contributed by atoms with E-state index in [1.807, 2.05) is 0 Å². The molecule has 2 N–H and O–H groups in total. The highest BCUT2D eigenvalue weighted by molar-refractivity contribution is 5.55. The summed E-state index contributed by atoms with van der Waals surface area (Å²) in [5, 5.41) is 8.84. The predicted molar refractivity (Wildman–Crippen MR) is 70.9 cm³/mol. The monoisotopic (exact) mass is 286 g/mol. The number of hydrogen-bond acceptors (Lipinski definition) is 2. The summed E-state index contributed by atoms with van der Waals surface area (Å²) in [4.78, 5) is 5.88. The third-order valence-corrected chi connectivity index (χ3v) is 2.29. The zero-order valence-electron chi connectivity index (χ0n) is 11.3. The molecule has 0 unspecified atom stereocenters. The number of H-pyrrole nitrogens is 1. The minimum atomic E-state index is -4.42. The van der Waals surface area contributed by atoms with Crippen molar-refractivity contribution in [1.82, 2.24) is 9.97 Å². The number of aliphatic hydroxyl groups excluding tert-OH is 1. The molecule has 0 bridgehead atoms. The van der Waals surface area contributed by atoms with Gasteiger partial charge in [0.15, 0.2) is 0 Å². The molecule has 0 saturated carbocycles. The summed E-state index contributed by atoms with van der Waals surface area (Å²) in [6, 6.07) is 6.46. The zero-order chi connectivity index (χ0) is 15.2. The second kappa shape index (κ2) is 7.09. The average molecular weight is 286 g/mol. The number of halogens is 3. The Bertz CT molecular complexity index is 518. The van der Waals surface area contributed by atoms with Crippen LogP contribution in [0.2, 0.25) is 0 Å². The van der Waals surface area contributed by atoms with Gasteiger partial charge in [0.05, 0.1) is 12.8 Å². The molecule has 0 amide bonds. The van der Waals surface area contributed by atoms with Gasteiger partial charge in [-0.25, -0.2) is 4.98 Å². The van der Waals surface area contributed by atoms with Crippen LogP contribution in [0.15, 0.2) is 30.5 Å². The lowest BCUT2D eigenvalue weighted by atomic mass is 10.1. The van der Waals surface area contributed by atoms with Gasteiger partial charge in [-0.05, 0) is 5.56 Å². The molecule has 0 saturated heterocycles. The number of nitrogens with one attached hydrogen (secondary N) is 1. The smallest absolute Gasteiger partial charge is 0.392 e. The molecule has 2 aromatic rings. The fraction of sp³-hybridized carbons (Fsp3) is 0.357. The number of aliphatic hydroxyl groups is 1. The minimum absolute atomic E-state index is 0.105. The molecule has 0 aliphatic rings. The van der Waals surface area contributed by atoms with Crippen molar-refractivity contribution in [3.63, 3.8) is 0 Å². The Kier molecular flexibility index (Phi) is 5.76. The van der Waals surface area contributed by atoms with Gasteiger partial charge >= 0.3 is 6.18 Å². The standard InChI is InChI=1S/C11H9F3N2O.C3H8/c12-11(13,14)9-5-15-10(16-9)8-3-1-7(6-17)2-4-8;1-3-2/h1-5,17H,6H2,(H,15,16);3H2,1-2H3. The normalized spacial score (nSPS) is 10.9. The van der Waals surface area contributed by atoms with Crippen molar-refractivity contribution in [2.24, 2.45) is 0 Å². The highest BCUT2D eigenvalue weighted by atomic mass is 19.4. The lowest BCUT2D eigenvalue weighted by Crippen LogP contribution is -2.04. The fourth-order valence-electron chi connectivity index (χ4n) is 1.38. The van der Waals surface area contributed by atoms with Crippen molar-refractivity contribution in [1.29, 1.82) is 0 Å². The molecule has 20 heavy (non-hydrogen) atoms. The lowest BCUT2D eigenvalue weighted by Gasteiger charge is -2.02. The van der Waals surface area contributed by atoms with E-state index in [0.29, 0.717) is 11.1 Å². The largest absolute Gasteiger partial charge is 0.432 e. The quantitative estimate of drug-likeness (QED) is 0.876. The summed E-state index contributed by atoms with van der Waals surface area (Å²) in [7, 11) is 0. The summed E-state index contributed by atoms with van der Waals surface area (Å²) in [5.41, 5.74) is 0.354. The second-order valence-corrected chi connectivity index (χ2v) is 4.21. The highest BCUT2D eigenvalue weighted by Crippen LogP contribution is 2.29. The molecule has 1 aromatic carbocycles. The fourth-order valence-corrected chi connectivity index (χ4v) is 1.38.